The maximum Gasteiger partial charge on any atom is 0.341 e. The zero-order valence-corrected chi connectivity index (χ0v) is 17.3. The van der Waals surface area contributed by atoms with Gasteiger partial charge in [-0.2, -0.15) is 5.10 Å². The Morgan fingerprint density at radius 1 is 1.39 bits per heavy atom. The lowest BCUT2D eigenvalue weighted by atomic mass is 9.96. The van der Waals surface area contributed by atoms with Gasteiger partial charge in [0.2, 0.25) is 0 Å². The number of rotatable bonds is 6. The second-order valence-corrected chi connectivity index (χ2v) is 8.98. The summed E-state index contributed by atoms with van der Waals surface area (Å²) in [4.78, 5) is 22.7. The fourth-order valence-corrected chi connectivity index (χ4v) is 4.52. The molecule has 0 amide bonds. The van der Waals surface area contributed by atoms with Crippen molar-refractivity contribution in [3.05, 3.63) is 53.4 Å². The molecule has 5 rings (SSSR count). The van der Waals surface area contributed by atoms with Crippen LogP contribution in [0.5, 0.6) is 0 Å². The van der Waals surface area contributed by atoms with Gasteiger partial charge in [0.1, 0.15) is 17.2 Å². The minimum atomic E-state index is -1.07. The Hall–Kier alpha value is -3.07. The van der Waals surface area contributed by atoms with Gasteiger partial charge in [-0.1, -0.05) is 6.92 Å². The highest BCUT2D eigenvalue weighted by atomic mass is 19.1. The van der Waals surface area contributed by atoms with E-state index in [0.717, 1.165) is 43.5 Å². The van der Waals surface area contributed by atoms with Gasteiger partial charge >= 0.3 is 5.97 Å². The number of nitrogens with zero attached hydrogens (tertiary/aromatic N) is 5. The Labute approximate surface area is 178 Å². The first-order valence-corrected chi connectivity index (χ1v) is 10.6. The molecular weight excluding hydrogens is 399 g/mol. The third-order valence-electron chi connectivity index (χ3n) is 6.47. The number of hydrogen-bond donors (Lipinski definition) is 2. The number of aromatic nitrogens is 4. The minimum absolute atomic E-state index is 0.0523. The molecule has 0 radical (unpaired) electrons. The van der Waals surface area contributed by atoms with Crippen molar-refractivity contribution in [2.24, 2.45) is 11.7 Å². The summed E-state index contributed by atoms with van der Waals surface area (Å²) < 4.78 is 15.7. The van der Waals surface area contributed by atoms with Crippen LogP contribution >= 0.6 is 0 Å². The van der Waals surface area contributed by atoms with Gasteiger partial charge in [0.05, 0.1) is 18.4 Å². The third-order valence-corrected chi connectivity index (χ3v) is 6.47. The molecule has 162 valence electrons. The van der Waals surface area contributed by atoms with Gasteiger partial charge in [0.15, 0.2) is 5.65 Å². The van der Waals surface area contributed by atoms with Gasteiger partial charge in [-0.05, 0) is 55.7 Å². The van der Waals surface area contributed by atoms with Crippen LogP contribution in [0.25, 0.3) is 5.65 Å². The predicted octanol–water partition coefficient (Wildman–Crippen LogP) is 2.97. The van der Waals surface area contributed by atoms with Crippen LogP contribution in [0, 0.1) is 11.7 Å². The van der Waals surface area contributed by atoms with Crippen molar-refractivity contribution < 1.29 is 14.3 Å². The van der Waals surface area contributed by atoms with Crippen molar-refractivity contribution in [2.45, 2.75) is 50.6 Å². The highest BCUT2D eigenvalue weighted by molar-refractivity contribution is 5.94. The van der Waals surface area contributed by atoms with E-state index in [1.165, 1.54) is 16.9 Å². The number of aryl methyl sites for hydroxylation is 1. The highest BCUT2D eigenvalue weighted by Crippen LogP contribution is 2.41. The first-order valence-electron chi connectivity index (χ1n) is 10.6. The molecule has 0 spiro atoms. The van der Waals surface area contributed by atoms with Gasteiger partial charge in [-0.3, -0.25) is 4.98 Å². The predicted molar refractivity (Wildman–Crippen MR) is 112 cm³/mol. The number of halogens is 1. The van der Waals surface area contributed by atoms with E-state index in [1.54, 1.807) is 12.3 Å². The van der Waals surface area contributed by atoms with Gasteiger partial charge in [-0.25, -0.2) is 18.7 Å². The largest absolute Gasteiger partial charge is 0.477 e. The molecule has 0 bridgehead atoms. The number of nitrogens with two attached hydrogens (primary N) is 1. The number of aromatic carboxylic acids is 1. The number of pyridine rings is 1. The van der Waals surface area contributed by atoms with Gasteiger partial charge in [0.25, 0.3) is 0 Å². The van der Waals surface area contributed by atoms with Gasteiger partial charge < -0.3 is 15.7 Å². The first-order chi connectivity index (χ1) is 14.8. The van der Waals surface area contributed by atoms with Crippen LogP contribution in [0.15, 0.2) is 30.7 Å². The van der Waals surface area contributed by atoms with Crippen LogP contribution in [0.3, 0.4) is 0 Å². The molecule has 8 nitrogen and oxygen atoms in total. The molecule has 3 aromatic rings. The van der Waals surface area contributed by atoms with Gasteiger partial charge in [0, 0.05) is 24.0 Å². The van der Waals surface area contributed by atoms with E-state index in [2.05, 4.69) is 26.9 Å². The zero-order valence-electron chi connectivity index (χ0n) is 17.3. The van der Waals surface area contributed by atoms with E-state index >= 15 is 0 Å². The number of carboxylic acids is 1. The van der Waals surface area contributed by atoms with E-state index < -0.39 is 5.97 Å². The highest BCUT2D eigenvalue weighted by Gasteiger charge is 2.39. The molecule has 9 heteroatoms. The van der Waals surface area contributed by atoms with Crippen molar-refractivity contribution in [2.75, 3.05) is 11.4 Å². The van der Waals surface area contributed by atoms with Gasteiger partial charge in [-0.15, -0.1) is 0 Å². The maximum atomic E-state index is 14.2. The second-order valence-electron chi connectivity index (χ2n) is 8.98. The van der Waals surface area contributed by atoms with Crippen LogP contribution in [-0.2, 0) is 6.42 Å². The molecule has 2 atom stereocenters. The van der Waals surface area contributed by atoms with Crippen LogP contribution in [-0.4, -0.2) is 42.7 Å². The topological polar surface area (TPSA) is 110 Å². The van der Waals surface area contributed by atoms with Crippen molar-refractivity contribution in [1.82, 2.24) is 19.6 Å². The van der Waals surface area contributed by atoms with Crippen molar-refractivity contribution >= 4 is 17.4 Å². The third kappa shape index (κ3) is 3.74. The maximum absolute atomic E-state index is 14.2. The number of carboxylic acid groups (broad SMARTS) is 1. The summed E-state index contributed by atoms with van der Waals surface area (Å²) in [5.41, 5.74) is 8.25. The Kier molecular flexibility index (Phi) is 4.65. The molecule has 3 N–H and O–H groups in total. The molecule has 1 saturated carbocycles. The first kappa shape index (κ1) is 19.9. The summed E-state index contributed by atoms with van der Waals surface area (Å²) in [6, 6.07) is 3.31. The second kappa shape index (κ2) is 7.26. The van der Waals surface area contributed by atoms with Crippen molar-refractivity contribution in [3.8, 4) is 0 Å². The summed E-state index contributed by atoms with van der Waals surface area (Å²) in [7, 11) is 0. The Morgan fingerprint density at radius 3 is 2.94 bits per heavy atom. The van der Waals surface area contributed by atoms with Crippen molar-refractivity contribution in [3.63, 3.8) is 0 Å². The Balaban J connectivity index is 1.52. The van der Waals surface area contributed by atoms with Crippen LogP contribution in [0.2, 0.25) is 0 Å². The molecule has 1 saturated heterocycles. The number of carbonyl (C=O) groups is 1. The summed E-state index contributed by atoms with van der Waals surface area (Å²) in [6.45, 7) is 2.89. The molecule has 31 heavy (non-hydrogen) atoms. The van der Waals surface area contributed by atoms with E-state index in [9.17, 15) is 14.3 Å². The van der Waals surface area contributed by atoms with E-state index in [4.69, 9.17) is 5.73 Å². The number of hydrogen-bond acceptors (Lipinski definition) is 6. The molecule has 3 aromatic heterocycles. The standard InChI is InChI=1S/C22H25FN6O2/c1-13-8-18(15-9-14(23)10-25-17(15)2-4-22(24)5-6-22)28(12-13)19-3-7-29-20(27-19)16(11-26-29)21(30)31/h3,7,9-11,13,18H,2,4-6,8,12,24H2,1H3,(H,30,31)/t13?,18-/m1/s1. The normalized spacial score (nSPS) is 22.2. The average molecular weight is 424 g/mol. The Morgan fingerprint density at radius 2 is 2.19 bits per heavy atom. The van der Waals surface area contributed by atoms with Crippen LogP contribution < -0.4 is 10.6 Å². The van der Waals surface area contributed by atoms with E-state index in [1.807, 2.05) is 6.07 Å². The Bertz CT molecular complexity index is 1160. The summed E-state index contributed by atoms with van der Waals surface area (Å²) in [5, 5.41) is 13.5. The molecule has 1 unspecified atom stereocenters. The molecule has 1 aliphatic carbocycles. The zero-order chi connectivity index (χ0) is 21.8. The monoisotopic (exact) mass is 424 g/mol. The fourth-order valence-electron chi connectivity index (χ4n) is 4.52. The quantitative estimate of drug-likeness (QED) is 0.626. The lowest BCUT2D eigenvalue weighted by molar-refractivity contribution is 0.0698. The fraction of sp³-hybridized carbons (Fsp3) is 0.455. The minimum Gasteiger partial charge on any atom is -0.477 e. The molecule has 2 fully saturated rings. The molecular formula is C22H25FN6O2. The lowest BCUT2D eigenvalue weighted by Gasteiger charge is -2.27. The smallest absolute Gasteiger partial charge is 0.341 e. The van der Waals surface area contributed by atoms with Crippen molar-refractivity contribution in [1.29, 1.82) is 0 Å². The van der Waals surface area contributed by atoms with E-state index in [-0.39, 0.29) is 23.0 Å². The summed E-state index contributed by atoms with van der Waals surface area (Å²) >= 11 is 0. The average Bonchev–Trinajstić information content (AvgIpc) is 3.15. The lowest BCUT2D eigenvalue weighted by Crippen LogP contribution is -2.27. The summed E-state index contributed by atoms with van der Waals surface area (Å²) in [6.07, 6.45) is 8.71. The van der Waals surface area contributed by atoms with Crippen LogP contribution in [0.1, 0.15) is 60.3 Å². The van der Waals surface area contributed by atoms with E-state index in [0.29, 0.717) is 23.8 Å². The summed E-state index contributed by atoms with van der Waals surface area (Å²) in [5.74, 6) is -0.414. The molecule has 1 aliphatic heterocycles. The SMILES string of the molecule is CC1C[C@H](c2cc(F)cnc2CCC2(N)CC2)N(c2ccn3ncc(C(=O)O)c3n2)C1. The number of anilines is 1. The molecule has 2 aliphatic rings. The number of fused-ring (bicyclic) bond motifs is 1. The molecule has 4 heterocycles. The molecule has 0 aromatic carbocycles. The van der Waals surface area contributed by atoms with Crippen LogP contribution in [0.4, 0.5) is 10.2 Å².